The predicted molar refractivity (Wildman–Crippen MR) is 62.7 cm³/mol. The number of fused-ring (bicyclic) bond motifs is 1. The summed E-state index contributed by atoms with van der Waals surface area (Å²) in [5, 5.41) is 7.35. The fourth-order valence-electron chi connectivity index (χ4n) is 1.67. The third-order valence-electron chi connectivity index (χ3n) is 2.48. The van der Waals surface area contributed by atoms with E-state index in [4.69, 9.17) is 14.7 Å². The molecule has 0 unspecified atom stereocenters. The average molecular weight is 236 g/mol. The standard InChI is InChI=1S/C10H14N2.C2H2O3/c1-8-3-4-9-7-12(2)6-5-10(9)11-8;3-1-2(4)5/h3-4H,5-7H2,1-2H3;1H,(H,4,5). The maximum Gasteiger partial charge on any atom is 0.368 e. The first-order chi connectivity index (χ1) is 8.02. The summed E-state index contributed by atoms with van der Waals surface area (Å²) in [4.78, 5) is 24.8. The zero-order valence-corrected chi connectivity index (χ0v) is 10.0. The molecule has 0 saturated carbocycles. The lowest BCUT2D eigenvalue weighted by atomic mass is 10.1. The molecule has 1 N–H and O–H groups in total. The second kappa shape index (κ2) is 6.10. The molecule has 0 amide bonds. The van der Waals surface area contributed by atoms with Gasteiger partial charge in [-0.05, 0) is 25.6 Å². The van der Waals surface area contributed by atoms with Gasteiger partial charge in [-0.1, -0.05) is 6.07 Å². The third kappa shape index (κ3) is 4.32. The number of aromatic nitrogens is 1. The summed E-state index contributed by atoms with van der Waals surface area (Å²) in [6, 6.07) is 4.30. The van der Waals surface area contributed by atoms with Crippen LogP contribution in [0.4, 0.5) is 0 Å². The quantitative estimate of drug-likeness (QED) is 0.572. The number of aldehydes is 1. The van der Waals surface area contributed by atoms with Crippen LogP contribution in [0, 0.1) is 6.92 Å². The normalized spacial score (nSPS) is 14.2. The van der Waals surface area contributed by atoms with E-state index in [2.05, 4.69) is 36.0 Å². The fourth-order valence-corrected chi connectivity index (χ4v) is 1.67. The highest BCUT2D eigenvalue weighted by atomic mass is 16.4. The molecule has 1 aliphatic rings. The van der Waals surface area contributed by atoms with Gasteiger partial charge in [0.25, 0.3) is 0 Å². The average Bonchev–Trinajstić information content (AvgIpc) is 2.30. The second-order valence-corrected chi connectivity index (χ2v) is 4.00. The number of aliphatic carboxylic acids is 1. The zero-order chi connectivity index (χ0) is 12.8. The molecule has 5 nitrogen and oxygen atoms in total. The molecule has 0 saturated heterocycles. The van der Waals surface area contributed by atoms with Gasteiger partial charge in [-0.25, -0.2) is 4.79 Å². The molecular weight excluding hydrogens is 220 g/mol. The number of likely N-dealkylation sites (N-methyl/N-ethyl adjacent to an activating group) is 1. The second-order valence-electron chi connectivity index (χ2n) is 4.00. The van der Waals surface area contributed by atoms with Crippen molar-refractivity contribution in [2.75, 3.05) is 13.6 Å². The summed E-state index contributed by atoms with van der Waals surface area (Å²) in [7, 11) is 2.16. The van der Waals surface area contributed by atoms with Gasteiger partial charge in [0.05, 0.1) is 0 Å². The van der Waals surface area contributed by atoms with E-state index in [1.807, 2.05) is 0 Å². The molecule has 0 atom stereocenters. The van der Waals surface area contributed by atoms with Crippen LogP contribution in [-0.4, -0.2) is 40.8 Å². The number of carbonyl (C=O) groups is 2. The summed E-state index contributed by atoms with van der Waals surface area (Å²) in [5.41, 5.74) is 3.83. The van der Waals surface area contributed by atoms with Crippen molar-refractivity contribution in [3.63, 3.8) is 0 Å². The number of aryl methyl sites for hydroxylation is 1. The summed E-state index contributed by atoms with van der Waals surface area (Å²) in [6.07, 6.45) is 0.938. The van der Waals surface area contributed by atoms with Crippen LogP contribution in [0.3, 0.4) is 0 Å². The Morgan fingerprint density at radius 1 is 1.53 bits per heavy atom. The molecule has 0 spiro atoms. The maximum absolute atomic E-state index is 9.00. The van der Waals surface area contributed by atoms with Crippen molar-refractivity contribution in [3.05, 3.63) is 29.1 Å². The molecule has 0 aromatic carbocycles. The zero-order valence-electron chi connectivity index (χ0n) is 10.0. The van der Waals surface area contributed by atoms with Crippen LogP contribution in [0.2, 0.25) is 0 Å². The van der Waals surface area contributed by atoms with E-state index >= 15 is 0 Å². The van der Waals surface area contributed by atoms with Gasteiger partial charge in [0, 0.05) is 30.9 Å². The number of hydrogen-bond donors (Lipinski definition) is 1. The van der Waals surface area contributed by atoms with Gasteiger partial charge < -0.3 is 10.0 Å². The Labute approximate surface area is 100 Å². The number of rotatable bonds is 1. The van der Waals surface area contributed by atoms with Crippen LogP contribution in [0.5, 0.6) is 0 Å². The molecule has 1 aromatic rings. The Bertz CT molecular complexity index is 418. The maximum atomic E-state index is 9.00. The predicted octanol–water partition coefficient (Wildman–Crippen LogP) is 0.648. The fraction of sp³-hybridized carbons (Fsp3) is 0.417. The highest BCUT2D eigenvalue weighted by Gasteiger charge is 2.13. The molecule has 92 valence electrons. The van der Waals surface area contributed by atoms with Crippen molar-refractivity contribution in [1.82, 2.24) is 9.88 Å². The van der Waals surface area contributed by atoms with Crippen LogP contribution >= 0.6 is 0 Å². The van der Waals surface area contributed by atoms with Gasteiger partial charge in [-0.3, -0.25) is 9.78 Å². The highest BCUT2D eigenvalue weighted by molar-refractivity contribution is 6.19. The smallest absolute Gasteiger partial charge is 0.368 e. The molecular formula is C12H16N2O3. The first-order valence-corrected chi connectivity index (χ1v) is 5.35. The lowest BCUT2D eigenvalue weighted by Crippen LogP contribution is -2.27. The molecule has 5 heteroatoms. The van der Waals surface area contributed by atoms with Gasteiger partial charge in [-0.15, -0.1) is 0 Å². The number of carboxylic acids is 1. The Hall–Kier alpha value is -1.75. The molecule has 0 bridgehead atoms. The van der Waals surface area contributed by atoms with E-state index in [-0.39, 0.29) is 6.29 Å². The Morgan fingerprint density at radius 2 is 2.18 bits per heavy atom. The largest absolute Gasteiger partial charge is 0.476 e. The topological polar surface area (TPSA) is 70.5 Å². The lowest BCUT2D eigenvalue weighted by Gasteiger charge is -2.24. The molecule has 2 rings (SSSR count). The molecule has 17 heavy (non-hydrogen) atoms. The van der Waals surface area contributed by atoms with E-state index in [0.717, 1.165) is 25.2 Å². The number of carboxylic acid groups (broad SMARTS) is 1. The minimum absolute atomic E-state index is 0.167. The van der Waals surface area contributed by atoms with E-state index in [1.54, 1.807) is 0 Å². The Morgan fingerprint density at radius 3 is 2.76 bits per heavy atom. The van der Waals surface area contributed by atoms with Gasteiger partial charge in [0.2, 0.25) is 6.29 Å². The van der Waals surface area contributed by atoms with Crippen molar-refractivity contribution in [2.45, 2.75) is 19.9 Å². The SMILES string of the molecule is Cc1ccc2c(n1)CCN(C)C2.O=CC(=O)O. The first-order valence-electron chi connectivity index (χ1n) is 5.35. The minimum atomic E-state index is -1.43. The van der Waals surface area contributed by atoms with Gasteiger partial charge >= 0.3 is 5.97 Å². The number of nitrogens with zero attached hydrogens (tertiary/aromatic N) is 2. The minimum Gasteiger partial charge on any atom is -0.476 e. The van der Waals surface area contributed by atoms with Crippen LogP contribution in [0.15, 0.2) is 12.1 Å². The summed E-state index contributed by atoms with van der Waals surface area (Å²) in [6.45, 7) is 4.25. The Kier molecular flexibility index (Phi) is 4.78. The molecule has 0 fully saturated rings. The van der Waals surface area contributed by atoms with Gasteiger partial charge in [-0.2, -0.15) is 0 Å². The van der Waals surface area contributed by atoms with Crippen molar-refractivity contribution in [1.29, 1.82) is 0 Å². The summed E-state index contributed by atoms with van der Waals surface area (Å²) in [5.74, 6) is -1.43. The lowest BCUT2D eigenvalue weighted by molar-refractivity contribution is -0.143. The van der Waals surface area contributed by atoms with Crippen LogP contribution in [0.25, 0.3) is 0 Å². The van der Waals surface area contributed by atoms with Gasteiger partial charge in [0.15, 0.2) is 0 Å². The number of carbonyl (C=O) groups excluding carboxylic acids is 1. The molecule has 0 radical (unpaired) electrons. The summed E-state index contributed by atoms with van der Waals surface area (Å²) >= 11 is 0. The molecule has 2 heterocycles. The third-order valence-corrected chi connectivity index (χ3v) is 2.48. The van der Waals surface area contributed by atoms with E-state index < -0.39 is 5.97 Å². The monoisotopic (exact) mass is 236 g/mol. The highest BCUT2D eigenvalue weighted by Crippen LogP contribution is 2.15. The van der Waals surface area contributed by atoms with Crippen LogP contribution in [0.1, 0.15) is 17.0 Å². The van der Waals surface area contributed by atoms with Crippen molar-refractivity contribution in [2.24, 2.45) is 0 Å². The van der Waals surface area contributed by atoms with Gasteiger partial charge in [0.1, 0.15) is 0 Å². The first kappa shape index (κ1) is 13.3. The summed E-state index contributed by atoms with van der Waals surface area (Å²) < 4.78 is 0. The van der Waals surface area contributed by atoms with Crippen molar-refractivity contribution < 1.29 is 14.7 Å². The van der Waals surface area contributed by atoms with E-state index in [1.165, 1.54) is 11.3 Å². The number of hydrogen-bond acceptors (Lipinski definition) is 4. The van der Waals surface area contributed by atoms with E-state index in [9.17, 15) is 0 Å². The van der Waals surface area contributed by atoms with Crippen molar-refractivity contribution in [3.8, 4) is 0 Å². The number of pyridine rings is 1. The molecule has 1 aliphatic heterocycles. The Balaban J connectivity index is 0.000000249. The van der Waals surface area contributed by atoms with E-state index in [0.29, 0.717) is 0 Å². The van der Waals surface area contributed by atoms with Crippen LogP contribution in [-0.2, 0) is 22.6 Å². The molecule has 0 aliphatic carbocycles. The van der Waals surface area contributed by atoms with Crippen molar-refractivity contribution >= 4 is 12.3 Å². The van der Waals surface area contributed by atoms with Crippen LogP contribution < -0.4 is 0 Å². The molecule has 1 aromatic heterocycles.